The van der Waals surface area contributed by atoms with Gasteiger partial charge in [0.1, 0.15) is 0 Å². The number of nitrogens with one attached hydrogen (secondary N) is 1. The molecule has 2 aliphatic carbocycles. The second kappa shape index (κ2) is 19.1. The Bertz CT molecular complexity index is 1860. The van der Waals surface area contributed by atoms with Crippen LogP contribution in [0.2, 0.25) is 5.02 Å². The highest BCUT2D eigenvalue weighted by atomic mass is 35.5. The van der Waals surface area contributed by atoms with Gasteiger partial charge in [0, 0.05) is 34.1 Å². The number of thioether (sulfide) groups is 1. The first kappa shape index (κ1) is 43.4. The summed E-state index contributed by atoms with van der Waals surface area (Å²) >= 11 is 16.3. The van der Waals surface area contributed by atoms with E-state index in [1.165, 1.54) is 54.2 Å². The van der Waals surface area contributed by atoms with Crippen LogP contribution < -0.4 is 15.2 Å². The zero-order chi connectivity index (χ0) is 39.9. The Hall–Kier alpha value is -2.73. The summed E-state index contributed by atoms with van der Waals surface area (Å²) in [7, 11) is 1.47. The number of aliphatic hydroxyl groups is 1. The third kappa shape index (κ3) is 10.2. The van der Waals surface area contributed by atoms with Crippen LogP contribution in [-0.2, 0) is 16.6 Å². The maximum atomic E-state index is 14.3. The summed E-state index contributed by atoms with van der Waals surface area (Å²) in [4.78, 5) is 29.1. The monoisotopic (exact) mass is 829 g/mol. The summed E-state index contributed by atoms with van der Waals surface area (Å²) in [5, 5.41) is 20.4. The molecule has 2 fully saturated rings. The minimum atomic E-state index is -2.00. The van der Waals surface area contributed by atoms with E-state index < -0.39 is 34.1 Å². The fraction of sp³-hybridized carbons (Fsp3) is 0.488. The number of benzene rings is 2. The summed E-state index contributed by atoms with van der Waals surface area (Å²) < 4.78 is 19.6. The molecule has 1 heterocycles. The minimum Gasteiger partial charge on any atom is -0.494 e. The van der Waals surface area contributed by atoms with Gasteiger partial charge in [-0.3, -0.25) is 14.8 Å². The van der Waals surface area contributed by atoms with Gasteiger partial charge in [-0.2, -0.15) is 0 Å². The van der Waals surface area contributed by atoms with Gasteiger partial charge in [-0.25, -0.2) is 9.18 Å². The molecule has 2 aromatic rings. The van der Waals surface area contributed by atoms with Crippen LogP contribution in [0.4, 0.5) is 9.18 Å². The molecule has 55 heavy (non-hydrogen) atoms. The van der Waals surface area contributed by atoms with E-state index in [0.29, 0.717) is 41.7 Å². The van der Waals surface area contributed by atoms with Gasteiger partial charge in [0.2, 0.25) is 11.5 Å². The molecule has 0 radical (unpaired) electrons. The lowest BCUT2D eigenvalue weighted by atomic mass is 9.74. The molecule has 12 heteroatoms. The Kier molecular flexibility index (Phi) is 15.1. The van der Waals surface area contributed by atoms with Gasteiger partial charge in [0.05, 0.1) is 24.1 Å². The molecule has 0 aromatic heterocycles. The molecule has 3 atom stereocenters. The molecule has 1 aliphatic heterocycles. The number of hydrogen-bond donors (Lipinski definition) is 3. The van der Waals surface area contributed by atoms with Crippen molar-refractivity contribution in [2.75, 3.05) is 26.0 Å². The summed E-state index contributed by atoms with van der Waals surface area (Å²) in [5.74, 6) is 0.455. The molecule has 7 nitrogen and oxygen atoms in total. The van der Waals surface area contributed by atoms with E-state index in [4.69, 9.17) is 33.1 Å². The van der Waals surface area contributed by atoms with Gasteiger partial charge in [0.15, 0.2) is 11.6 Å². The molecule has 1 saturated heterocycles. The number of nitrogens with two attached hydrogens (primary N) is 1. The number of amides is 2. The molecule has 298 valence electrons. The third-order valence-corrected chi connectivity index (χ3v) is 14.3. The van der Waals surface area contributed by atoms with Crippen molar-refractivity contribution in [3.8, 4) is 5.75 Å². The molecule has 3 unspecified atom stereocenters. The van der Waals surface area contributed by atoms with E-state index in [1.807, 2.05) is 18.2 Å². The molecular formula is C43H54Cl2FN3O4S2. The lowest BCUT2D eigenvalue weighted by molar-refractivity contribution is -0.168. The van der Waals surface area contributed by atoms with Gasteiger partial charge >= 0.3 is 6.03 Å². The number of Topliss-reactive ketones (excluding diaryl/α,β-unsaturated/α-hetero) is 1. The number of allylic oxidation sites excluding steroid dienone is 6. The van der Waals surface area contributed by atoms with Crippen molar-refractivity contribution in [1.82, 2.24) is 10.2 Å². The van der Waals surface area contributed by atoms with Gasteiger partial charge in [-0.15, -0.1) is 23.4 Å². The molecule has 1 saturated carbocycles. The number of urea groups is 1. The van der Waals surface area contributed by atoms with Crippen molar-refractivity contribution in [3.05, 3.63) is 104 Å². The highest BCUT2D eigenvalue weighted by molar-refractivity contribution is 8.03. The van der Waals surface area contributed by atoms with E-state index in [2.05, 4.69) is 45.2 Å². The van der Waals surface area contributed by atoms with Gasteiger partial charge < -0.3 is 15.2 Å². The van der Waals surface area contributed by atoms with Crippen LogP contribution in [0.3, 0.4) is 0 Å². The largest absolute Gasteiger partial charge is 0.494 e. The van der Waals surface area contributed by atoms with E-state index in [1.54, 1.807) is 36.0 Å². The number of methoxy groups -OCH3 is 1. The van der Waals surface area contributed by atoms with Gasteiger partial charge in [-0.1, -0.05) is 98.7 Å². The van der Waals surface area contributed by atoms with Crippen molar-refractivity contribution in [3.63, 3.8) is 0 Å². The number of ether oxygens (including phenoxy) is 1. The van der Waals surface area contributed by atoms with Crippen LogP contribution in [0.25, 0.3) is 0 Å². The summed E-state index contributed by atoms with van der Waals surface area (Å²) in [6.45, 7) is 8.97. The average molecular weight is 831 g/mol. The number of hydrogen-bond acceptors (Lipinski definition) is 7. The van der Waals surface area contributed by atoms with Crippen molar-refractivity contribution < 1.29 is 23.8 Å². The number of halogens is 3. The summed E-state index contributed by atoms with van der Waals surface area (Å²) in [6.07, 6.45) is 15.9. The number of rotatable bonds is 14. The minimum absolute atomic E-state index is 0.0487. The quantitative estimate of drug-likeness (QED) is 0.0754. The standard InChI is InChI=1S/C43H54Cl2FN3O4S2/c1-27(12-15-32(20-30-13-18-37(46)38(21-30)53-5)42(3,4)33-17-19-39(55-47)36(45)22-33)28(2)54-26-31-14-16-34(23-35(31)44)43(52)40(50)25-49(43)41(51)48-24-29-10-8-6-7-9-11-29/h13-19,21-23,29,31,35,52H,6-12,20,24-26,47H2,1-5H3,(H,48,51). The molecule has 0 spiro atoms. The van der Waals surface area contributed by atoms with Crippen LogP contribution in [0.1, 0.15) is 83.8 Å². The second-order valence-corrected chi connectivity index (χ2v) is 18.3. The molecular weight excluding hydrogens is 777 g/mol. The van der Waals surface area contributed by atoms with Gasteiger partial charge in [0.25, 0.3) is 0 Å². The molecule has 4 N–H and O–H groups in total. The number of carbonyl (C=O) groups excluding carboxylic acids is 2. The maximum Gasteiger partial charge on any atom is 0.320 e. The number of likely N-dealkylation sites (tertiary alicyclic amines) is 1. The topological polar surface area (TPSA) is 105 Å². The van der Waals surface area contributed by atoms with E-state index in [9.17, 15) is 19.1 Å². The third-order valence-electron chi connectivity index (χ3n) is 11.5. The zero-order valence-corrected chi connectivity index (χ0v) is 35.6. The Morgan fingerprint density at radius 3 is 2.53 bits per heavy atom. The Labute approximate surface area is 344 Å². The van der Waals surface area contributed by atoms with Crippen molar-refractivity contribution in [1.29, 1.82) is 0 Å². The van der Waals surface area contributed by atoms with Crippen LogP contribution >= 0.6 is 46.9 Å². The lowest BCUT2D eigenvalue weighted by Gasteiger charge is -2.48. The molecule has 3 aliphatic rings. The number of nitrogens with zero attached hydrogens (tertiary/aromatic N) is 1. The summed E-state index contributed by atoms with van der Waals surface area (Å²) in [6, 6.07) is 10.5. The van der Waals surface area contributed by atoms with Crippen molar-refractivity contribution in [2.45, 2.75) is 100 Å². The zero-order valence-electron chi connectivity index (χ0n) is 32.4. The highest BCUT2D eigenvalue weighted by Gasteiger charge is 2.57. The van der Waals surface area contributed by atoms with Crippen LogP contribution in [0.5, 0.6) is 5.75 Å². The number of carbonyl (C=O) groups is 2. The fourth-order valence-corrected chi connectivity index (χ4v) is 9.58. The first-order valence-electron chi connectivity index (χ1n) is 19.0. The van der Waals surface area contributed by atoms with Crippen LogP contribution in [0, 0.1) is 17.7 Å². The fourth-order valence-electron chi connectivity index (χ4n) is 7.44. The van der Waals surface area contributed by atoms with Crippen LogP contribution in [0.15, 0.2) is 87.2 Å². The Morgan fingerprint density at radius 1 is 1.16 bits per heavy atom. The smallest absolute Gasteiger partial charge is 0.320 e. The van der Waals surface area contributed by atoms with Crippen molar-refractivity contribution >= 4 is 58.7 Å². The average Bonchev–Trinajstić information content (AvgIpc) is 3.46. The first-order valence-corrected chi connectivity index (χ1v) is 21.7. The first-order chi connectivity index (χ1) is 26.2. The summed E-state index contributed by atoms with van der Waals surface area (Å²) in [5.41, 5.74) is 2.24. The lowest BCUT2D eigenvalue weighted by Crippen LogP contribution is -2.72. The second-order valence-electron chi connectivity index (χ2n) is 15.4. The van der Waals surface area contributed by atoms with Crippen LogP contribution in [-0.4, -0.2) is 58.9 Å². The van der Waals surface area contributed by atoms with Crippen molar-refractivity contribution in [2.24, 2.45) is 17.0 Å². The Morgan fingerprint density at radius 2 is 1.89 bits per heavy atom. The van der Waals surface area contributed by atoms with Gasteiger partial charge in [-0.05, 0) is 97.7 Å². The Balaban J connectivity index is 1.25. The highest BCUT2D eigenvalue weighted by Crippen LogP contribution is 2.40. The molecule has 2 amide bonds. The van der Waals surface area contributed by atoms with E-state index in [0.717, 1.165) is 46.4 Å². The molecule has 0 bridgehead atoms. The SMILES string of the molecule is COc1cc(CC(=CCC(C)=C(C)SCC2C=CC(C3(O)C(=O)CN3C(=O)NCC3CCCCCC3)=CC2Cl)C(C)(C)c2ccc(SN)c(Cl)c2)ccc1F. The predicted molar refractivity (Wildman–Crippen MR) is 226 cm³/mol. The maximum absolute atomic E-state index is 14.3. The van der Waals surface area contributed by atoms with E-state index in [-0.39, 0.29) is 18.2 Å². The normalized spacial score (nSPS) is 22.8. The predicted octanol–water partition coefficient (Wildman–Crippen LogP) is 10.3. The van der Waals surface area contributed by atoms with E-state index >= 15 is 0 Å². The molecule has 5 rings (SSSR count). The molecule has 2 aromatic carbocycles. The number of alkyl halides is 1. The number of ketones is 1.